The van der Waals surface area contributed by atoms with Gasteiger partial charge in [0.15, 0.2) is 5.17 Å². The summed E-state index contributed by atoms with van der Waals surface area (Å²) in [5, 5.41) is 11.5. The third-order valence-electron chi connectivity index (χ3n) is 1.44. The van der Waals surface area contributed by atoms with Crippen molar-refractivity contribution in [3.8, 4) is 0 Å². The fourth-order valence-corrected chi connectivity index (χ4v) is 1.67. The van der Waals surface area contributed by atoms with Crippen molar-refractivity contribution >= 4 is 28.7 Å². The standard InChI is InChI=1S/C6H9N3O2S/c1-8-4(10)2-3-5(11)9-6(7)12-3/h3H,2H2,1H3,(H,8,10)(H2,7,9,11). The van der Waals surface area contributed by atoms with Crippen LogP contribution in [0.2, 0.25) is 0 Å². The number of hydrogen-bond donors (Lipinski definition) is 3. The van der Waals surface area contributed by atoms with Crippen LogP contribution in [0.25, 0.3) is 0 Å². The van der Waals surface area contributed by atoms with Crippen LogP contribution in [0.3, 0.4) is 0 Å². The highest BCUT2D eigenvalue weighted by Crippen LogP contribution is 2.20. The van der Waals surface area contributed by atoms with E-state index in [2.05, 4.69) is 10.6 Å². The Bertz CT molecular complexity index is 241. The number of carbonyl (C=O) groups excluding carboxylic acids is 2. The summed E-state index contributed by atoms with van der Waals surface area (Å²) in [6.45, 7) is 0. The molecule has 1 heterocycles. The predicted molar refractivity (Wildman–Crippen MR) is 45.9 cm³/mol. The van der Waals surface area contributed by atoms with Crippen LogP contribution >= 0.6 is 11.8 Å². The van der Waals surface area contributed by atoms with Crippen molar-refractivity contribution in [1.82, 2.24) is 10.6 Å². The largest absolute Gasteiger partial charge is 0.359 e. The number of carbonyl (C=O) groups is 2. The van der Waals surface area contributed by atoms with E-state index >= 15 is 0 Å². The Balaban J connectivity index is 2.48. The zero-order valence-electron chi connectivity index (χ0n) is 6.51. The molecule has 0 spiro atoms. The van der Waals surface area contributed by atoms with Crippen LogP contribution in [-0.4, -0.2) is 29.3 Å². The second-order valence-electron chi connectivity index (χ2n) is 2.30. The SMILES string of the molecule is CNC(=O)CC1SC(=N)NC1=O. The van der Waals surface area contributed by atoms with Gasteiger partial charge >= 0.3 is 0 Å². The molecule has 3 N–H and O–H groups in total. The van der Waals surface area contributed by atoms with Gasteiger partial charge in [-0.1, -0.05) is 11.8 Å². The number of amides is 2. The number of hydrogen-bond acceptors (Lipinski definition) is 4. The van der Waals surface area contributed by atoms with E-state index in [-0.39, 0.29) is 23.4 Å². The molecule has 0 aromatic heterocycles. The number of nitrogens with one attached hydrogen (secondary N) is 3. The van der Waals surface area contributed by atoms with Crippen molar-refractivity contribution in [2.75, 3.05) is 7.05 Å². The maximum Gasteiger partial charge on any atom is 0.240 e. The van der Waals surface area contributed by atoms with Gasteiger partial charge in [-0.05, 0) is 0 Å². The Hall–Kier alpha value is -1.04. The summed E-state index contributed by atoms with van der Waals surface area (Å²) in [5.74, 6) is -0.439. The molecule has 1 rings (SSSR count). The molecule has 1 unspecified atom stereocenters. The zero-order valence-corrected chi connectivity index (χ0v) is 7.33. The van der Waals surface area contributed by atoms with Gasteiger partial charge in [-0.3, -0.25) is 15.0 Å². The predicted octanol–water partition coefficient (Wildman–Crippen LogP) is -0.711. The first kappa shape index (κ1) is 9.05. The highest BCUT2D eigenvalue weighted by Gasteiger charge is 2.30. The van der Waals surface area contributed by atoms with Gasteiger partial charge in [0.25, 0.3) is 0 Å². The lowest BCUT2D eigenvalue weighted by molar-refractivity contribution is -0.124. The van der Waals surface area contributed by atoms with Crippen molar-refractivity contribution in [2.24, 2.45) is 0 Å². The van der Waals surface area contributed by atoms with Gasteiger partial charge in [0.2, 0.25) is 11.8 Å². The monoisotopic (exact) mass is 187 g/mol. The van der Waals surface area contributed by atoms with Crippen LogP contribution in [-0.2, 0) is 9.59 Å². The minimum Gasteiger partial charge on any atom is -0.359 e. The summed E-state index contributed by atoms with van der Waals surface area (Å²) in [5.41, 5.74) is 0. The molecule has 6 heteroatoms. The van der Waals surface area contributed by atoms with E-state index in [1.807, 2.05) is 0 Å². The first-order valence-corrected chi connectivity index (χ1v) is 4.28. The molecule has 2 amide bonds. The first-order valence-electron chi connectivity index (χ1n) is 3.40. The highest BCUT2D eigenvalue weighted by molar-refractivity contribution is 8.15. The summed E-state index contributed by atoms with van der Waals surface area (Å²) in [7, 11) is 1.52. The lowest BCUT2D eigenvalue weighted by atomic mass is 10.3. The Morgan fingerprint density at radius 1 is 1.83 bits per heavy atom. The average Bonchev–Trinajstić information content (AvgIpc) is 2.30. The van der Waals surface area contributed by atoms with Gasteiger partial charge in [-0.15, -0.1) is 0 Å². The van der Waals surface area contributed by atoms with E-state index in [4.69, 9.17) is 5.41 Å². The average molecular weight is 187 g/mol. The van der Waals surface area contributed by atoms with Crippen molar-refractivity contribution in [2.45, 2.75) is 11.7 Å². The topological polar surface area (TPSA) is 82.1 Å². The normalized spacial score (nSPS) is 22.2. The van der Waals surface area contributed by atoms with Gasteiger partial charge in [0.1, 0.15) is 5.25 Å². The van der Waals surface area contributed by atoms with Gasteiger partial charge in [-0.2, -0.15) is 0 Å². The Kier molecular flexibility index (Phi) is 2.69. The molecule has 1 atom stereocenters. The lowest BCUT2D eigenvalue weighted by Gasteiger charge is -2.02. The molecule has 5 nitrogen and oxygen atoms in total. The van der Waals surface area contributed by atoms with Crippen molar-refractivity contribution < 1.29 is 9.59 Å². The van der Waals surface area contributed by atoms with E-state index in [9.17, 15) is 9.59 Å². The van der Waals surface area contributed by atoms with E-state index < -0.39 is 5.25 Å². The molecule has 0 aromatic carbocycles. The lowest BCUT2D eigenvalue weighted by Crippen LogP contribution is -2.29. The highest BCUT2D eigenvalue weighted by atomic mass is 32.2. The second kappa shape index (κ2) is 3.57. The molecular formula is C6H9N3O2S. The van der Waals surface area contributed by atoms with Gasteiger partial charge in [-0.25, -0.2) is 0 Å². The molecule has 12 heavy (non-hydrogen) atoms. The van der Waals surface area contributed by atoms with Crippen molar-refractivity contribution in [3.63, 3.8) is 0 Å². The number of thioether (sulfide) groups is 1. The summed E-state index contributed by atoms with van der Waals surface area (Å²) in [6, 6.07) is 0. The van der Waals surface area contributed by atoms with Crippen LogP contribution in [0.4, 0.5) is 0 Å². The number of amidine groups is 1. The molecule has 1 fully saturated rings. The Labute approximate surface area is 73.8 Å². The van der Waals surface area contributed by atoms with Crippen LogP contribution in [0, 0.1) is 5.41 Å². The maximum absolute atomic E-state index is 11.0. The first-order chi connectivity index (χ1) is 5.63. The molecule has 0 saturated carbocycles. The van der Waals surface area contributed by atoms with Crippen LogP contribution in [0.5, 0.6) is 0 Å². The zero-order chi connectivity index (χ0) is 9.14. The second-order valence-corrected chi connectivity index (χ2v) is 3.52. The van der Waals surface area contributed by atoms with Crippen LogP contribution in [0.1, 0.15) is 6.42 Å². The maximum atomic E-state index is 11.0. The summed E-state index contributed by atoms with van der Waals surface area (Å²) in [4.78, 5) is 21.8. The van der Waals surface area contributed by atoms with Gasteiger partial charge in [0, 0.05) is 13.5 Å². The molecule has 1 aliphatic heterocycles. The van der Waals surface area contributed by atoms with Crippen molar-refractivity contribution in [3.05, 3.63) is 0 Å². The fourth-order valence-electron chi connectivity index (χ4n) is 0.822. The Morgan fingerprint density at radius 3 is 2.92 bits per heavy atom. The van der Waals surface area contributed by atoms with E-state index in [1.165, 1.54) is 7.05 Å². The van der Waals surface area contributed by atoms with Crippen LogP contribution in [0.15, 0.2) is 0 Å². The molecule has 0 aromatic rings. The van der Waals surface area contributed by atoms with Crippen molar-refractivity contribution in [1.29, 1.82) is 5.41 Å². The van der Waals surface area contributed by atoms with E-state index in [0.717, 1.165) is 11.8 Å². The molecule has 0 radical (unpaired) electrons. The smallest absolute Gasteiger partial charge is 0.240 e. The number of rotatable bonds is 2. The van der Waals surface area contributed by atoms with Gasteiger partial charge < -0.3 is 10.6 Å². The summed E-state index contributed by atoms with van der Waals surface area (Å²) < 4.78 is 0. The van der Waals surface area contributed by atoms with E-state index in [1.54, 1.807) is 0 Å². The summed E-state index contributed by atoms with van der Waals surface area (Å²) >= 11 is 1.08. The molecule has 0 aliphatic carbocycles. The minimum atomic E-state index is -0.433. The summed E-state index contributed by atoms with van der Waals surface area (Å²) in [6.07, 6.45) is 0.134. The third-order valence-corrected chi connectivity index (χ3v) is 2.44. The molecule has 1 aliphatic rings. The minimum absolute atomic E-state index is 0.119. The van der Waals surface area contributed by atoms with E-state index in [0.29, 0.717) is 0 Å². The molecular weight excluding hydrogens is 178 g/mol. The van der Waals surface area contributed by atoms with Gasteiger partial charge in [0.05, 0.1) is 0 Å². The third kappa shape index (κ3) is 1.97. The molecule has 1 saturated heterocycles. The molecule has 66 valence electrons. The van der Waals surface area contributed by atoms with Crippen LogP contribution < -0.4 is 10.6 Å². The fraction of sp³-hybridized carbons (Fsp3) is 0.500. The molecule has 0 bridgehead atoms. The Morgan fingerprint density at radius 2 is 2.50 bits per heavy atom. The quantitative estimate of drug-likeness (QED) is 0.534.